The molecule has 4 nitrogen and oxygen atoms in total. The van der Waals surface area contributed by atoms with Crippen LogP contribution in [-0.4, -0.2) is 33.4 Å². The van der Waals surface area contributed by atoms with E-state index in [0.29, 0.717) is 0 Å². The third-order valence-corrected chi connectivity index (χ3v) is 5.85. The van der Waals surface area contributed by atoms with Crippen molar-refractivity contribution in [3.05, 3.63) is 41.3 Å². The Hall–Kier alpha value is -2.14. The van der Waals surface area contributed by atoms with E-state index in [2.05, 4.69) is 35.8 Å². The number of thiophene rings is 1. The predicted molar refractivity (Wildman–Crippen MR) is 103 cm³/mol. The van der Waals surface area contributed by atoms with Crippen LogP contribution in [0.3, 0.4) is 0 Å². The van der Waals surface area contributed by atoms with E-state index in [-0.39, 0.29) is 5.91 Å². The van der Waals surface area contributed by atoms with Gasteiger partial charge in [-0.2, -0.15) is 0 Å². The molecule has 25 heavy (non-hydrogen) atoms. The highest BCUT2D eigenvalue weighted by Gasteiger charge is 2.21. The number of imidazole rings is 1. The first-order valence-electron chi connectivity index (χ1n) is 9.12. The summed E-state index contributed by atoms with van der Waals surface area (Å²) in [6.45, 7) is 4.89. The molecular weight excluding hydrogens is 330 g/mol. The van der Waals surface area contributed by atoms with Crippen LogP contribution < -0.4 is 0 Å². The van der Waals surface area contributed by atoms with Gasteiger partial charge in [-0.05, 0) is 49.9 Å². The number of para-hydroxylation sites is 2. The number of aryl methyl sites for hydroxylation is 1. The van der Waals surface area contributed by atoms with Crippen LogP contribution in [0.5, 0.6) is 0 Å². The second kappa shape index (κ2) is 7.00. The molecule has 130 valence electrons. The fraction of sp³-hybridized carbons (Fsp3) is 0.400. The lowest BCUT2D eigenvalue weighted by molar-refractivity contribution is 0.0729. The Morgan fingerprint density at radius 1 is 1.12 bits per heavy atom. The summed E-state index contributed by atoms with van der Waals surface area (Å²) in [5.74, 6) is 1.15. The summed E-state index contributed by atoms with van der Waals surface area (Å²) in [7, 11) is 0. The van der Waals surface area contributed by atoms with Gasteiger partial charge in [-0.15, -0.1) is 11.3 Å². The van der Waals surface area contributed by atoms with Gasteiger partial charge in [-0.3, -0.25) is 4.79 Å². The minimum Gasteiger partial charge on any atom is -0.338 e. The first kappa shape index (κ1) is 16.3. The zero-order chi connectivity index (χ0) is 17.2. The molecule has 1 aliphatic heterocycles. The lowest BCUT2D eigenvalue weighted by Crippen LogP contribution is -2.35. The molecule has 4 rings (SSSR count). The van der Waals surface area contributed by atoms with Crippen molar-refractivity contribution in [2.45, 2.75) is 39.2 Å². The molecule has 0 bridgehead atoms. The van der Waals surface area contributed by atoms with Crippen LogP contribution in [0.2, 0.25) is 0 Å². The quantitative estimate of drug-likeness (QED) is 0.676. The number of nitrogens with zero attached hydrogens (tertiary/aromatic N) is 3. The molecule has 1 saturated heterocycles. The average Bonchev–Trinajstić information content (AvgIpc) is 3.27. The maximum absolute atomic E-state index is 12.7. The van der Waals surface area contributed by atoms with Crippen LogP contribution in [0.25, 0.3) is 21.7 Å². The molecule has 0 aliphatic carbocycles. The van der Waals surface area contributed by atoms with E-state index < -0.39 is 0 Å². The fourth-order valence-electron chi connectivity index (χ4n) is 3.54. The topological polar surface area (TPSA) is 38.1 Å². The average molecular weight is 353 g/mol. The third-order valence-electron chi connectivity index (χ3n) is 4.78. The highest BCUT2D eigenvalue weighted by atomic mass is 32.1. The molecule has 2 aromatic heterocycles. The maximum Gasteiger partial charge on any atom is 0.263 e. The van der Waals surface area contributed by atoms with Crippen molar-refractivity contribution >= 4 is 28.3 Å². The zero-order valence-electron chi connectivity index (χ0n) is 14.6. The van der Waals surface area contributed by atoms with E-state index in [4.69, 9.17) is 4.98 Å². The fourth-order valence-corrected chi connectivity index (χ4v) is 4.51. The van der Waals surface area contributed by atoms with Gasteiger partial charge in [0.1, 0.15) is 0 Å². The number of fused-ring (bicyclic) bond motifs is 1. The highest BCUT2D eigenvalue weighted by molar-refractivity contribution is 7.17. The van der Waals surface area contributed by atoms with Gasteiger partial charge in [0.2, 0.25) is 0 Å². The van der Waals surface area contributed by atoms with Gasteiger partial charge in [-0.1, -0.05) is 19.1 Å². The number of likely N-dealkylation sites (tertiary alicyclic amines) is 1. The Kier molecular flexibility index (Phi) is 4.57. The Morgan fingerprint density at radius 3 is 2.72 bits per heavy atom. The number of piperidine rings is 1. The molecule has 0 spiro atoms. The van der Waals surface area contributed by atoms with Gasteiger partial charge in [-0.25, -0.2) is 4.98 Å². The van der Waals surface area contributed by atoms with Gasteiger partial charge in [0.05, 0.1) is 20.8 Å². The monoisotopic (exact) mass is 353 g/mol. The van der Waals surface area contributed by atoms with E-state index >= 15 is 0 Å². The van der Waals surface area contributed by atoms with Crippen LogP contribution >= 0.6 is 11.3 Å². The summed E-state index contributed by atoms with van der Waals surface area (Å²) < 4.78 is 2.27. The summed E-state index contributed by atoms with van der Waals surface area (Å²) in [6.07, 6.45) is 4.53. The predicted octanol–water partition coefficient (Wildman–Crippen LogP) is 4.80. The van der Waals surface area contributed by atoms with E-state index in [1.807, 2.05) is 17.0 Å². The molecule has 1 aliphatic rings. The summed E-state index contributed by atoms with van der Waals surface area (Å²) in [6, 6.07) is 12.3. The molecule has 5 heteroatoms. The molecule has 1 fully saturated rings. The summed E-state index contributed by atoms with van der Waals surface area (Å²) in [4.78, 5) is 21.5. The molecule has 3 aromatic rings. The second-order valence-corrected chi connectivity index (χ2v) is 7.68. The zero-order valence-corrected chi connectivity index (χ0v) is 15.4. The molecule has 0 unspecified atom stereocenters. The molecule has 0 N–H and O–H groups in total. The Labute approximate surface area is 152 Å². The molecule has 0 atom stereocenters. The maximum atomic E-state index is 12.7. The number of hydrogen-bond acceptors (Lipinski definition) is 3. The minimum atomic E-state index is 0.175. The van der Waals surface area contributed by atoms with Crippen LogP contribution in [0.1, 0.15) is 42.3 Å². The van der Waals surface area contributed by atoms with Crippen molar-refractivity contribution in [2.24, 2.45) is 0 Å². The van der Waals surface area contributed by atoms with Gasteiger partial charge in [0.15, 0.2) is 5.82 Å². The first-order valence-corrected chi connectivity index (χ1v) is 9.94. The smallest absolute Gasteiger partial charge is 0.263 e. The van der Waals surface area contributed by atoms with Crippen LogP contribution in [0, 0.1) is 0 Å². The number of hydrogen-bond donors (Lipinski definition) is 0. The minimum absolute atomic E-state index is 0.175. The van der Waals surface area contributed by atoms with Crippen molar-refractivity contribution in [1.82, 2.24) is 14.5 Å². The Morgan fingerprint density at radius 2 is 1.92 bits per heavy atom. The van der Waals surface area contributed by atoms with Crippen LogP contribution in [0.4, 0.5) is 0 Å². The van der Waals surface area contributed by atoms with Crippen molar-refractivity contribution in [3.63, 3.8) is 0 Å². The Balaban J connectivity index is 1.69. The molecule has 1 aromatic carbocycles. The van der Waals surface area contributed by atoms with E-state index in [1.165, 1.54) is 6.42 Å². The molecule has 0 saturated carbocycles. The SMILES string of the molecule is CCCn1c(-c2ccc(C(=O)N3CCCCC3)s2)nc2ccccc21. The normalized spacial score (nSPS) is 15.0. The third kappa shape index (κ3) is 3.09. The van der Waals surface area contributed by atoms with Crippen molar-refractivity contribution < 1.29 is 4.79 Å². The van der Waals surface area contributed by atoms with Crippen molar-refractivity contribution in [1.29, 1.82) is 0 Å². The Bertz CT molecular complexity index is 889. The summed E-state index contributed by atoms with van der Waals surface area (Å²) in [5, 5.41) is 0. The van der Waals surface area contributed by atoms with Gasteiger partial charge in [0, 0.05) is 19.6 Å². The van der Waals surface area contributed by atoms with Gasteiger partial charge < -0.3 is 9.47 Å². The molecular formula is C20H23N3OS. The summed E-state index contributed by atoms with van der Waals surface area (Å²) in [5.41, 5.74) is 2.18. The van der Waals surface area contributed by atoms with Crippen LogP contribution in [-0.2, 0) is 6.54 Å². The van der Waals surface area contributed by atoms with Gasteiger partial charge in [0.25, 0.3) is 5.91 Å². The number of aromatic nitrogens is 2. The van der Waals surface area contributed by atoms with E-state index in [9.17, 15) is 4.79 Å². The van der Waals surface area contributed by atoms with Gasteiger partial charge >= 0.3 is 0 Å². The van der Waals surface area contributed by atoms with E-state index in [0.717, 1.165) is 65.5 Å². The lowest BCUT2D eigenvalue weighted by Gasteiger charge is -2.26. The molecule has 3 heterocycles. The van der Waals surface area contributed by atoms with E-state index in [1.54, 1.807) is 11.3 Å². The second-order valence-electron chi connectivity index (χ2n) is 6.59. The van der Waals surface area contributed by atoms with Crippen LogP contribution in [0.15, 0.2) is 36.4 Å². The first-order chi connectivity index (χ1) is 12.3. The number of carbonyl (C=O) groups excluding carboxylic acids is 1. The standard InChI is InChI=1S/C20H23N3OS/c1-2-12-23-16-9-5-4-8-15(16)21-19(23)17-10-11-18(25-17)20(24)22-13-6-3-7-14-22/h4-5,8-11H,2-3,6-7,12-14H2,1H3. The largest absolute Gasteiger partial charge is 0.338 e. The summed E-state index contributed by atoms with van der Waals surface area (Å²) >= 11 is 1.57. The van der Waals surface area contributed by atoms with Crippen molar-refractivity contribution in [2.75, 3.05) is 13.1 Å². The number of benzene rings is 1. The number of rotatable bonds is 4. The molecule has 0 radical (unpaired) electrons. The number of amides is 1. The lowest BCUT2D eigenvalue weighted by atomic mass is 10.1. The van der Waals surface area contributed by atoms with Crippen molar-refractivity contribution in [3.8, 4) is 10.7 Å². The highest BCUT2D eigenvalue weighted by Crippen LogP contribution is 2.31. The number of carbonyl (C=O) groups is 1. The molecule has 1 amide bonds.